The summed E-state index contributed by atoms with van der Waals surface area (Å²) in [6, 6.07) is 4.46. The topological polar surface area (TPSA) is 69.6 Å². The number of benzene rings is 1. The Morgan fingerprint density at radius 3 is 2.67 bits per heavy atom. The summed E-state index contributed by atoms with van der Waals surface area (Å²) in [4.78, 5) is 10.5. The molecule has 5 heteroatoms. The molecule has 1 aromatic rings. The highest BCUT2D eigenvalue weighted by Crippen LogP contribution is 2.20. The monoisotopic (exact) mass is 231 g/mol. The molecule has 0 saturated heterocycles. The molecule has 0 fully saturated rings. The van der Waals surface area contributed by atoms with Gasteiger partial charge >= 0.3 is 5.97 Å². The molecule has 3 N–H and O–H groups in total. The van der Waals surface area contributed by atoms with Gasteiger partial charge in [0, 0.05) is 4.47 Å². The van der Waals surface area contributed by atoms with E-state index in [0.717, 1.165) is 0 Å². The van der Waals surface area contributed by atoms with Crippen LogP contribution in [0.2, 0.25) is 0 Å². The minimum atomic E-state index is -1.08. The van der Waals surface area contributed by atoms with E-state index >= 15 is 0 Å². The molecule has 1 aromatic carbocycles. The van der Waals surface area contributed by atoms with Gasteiger partial charge in [0.05, 0.1) is 11.3 Å². The number of aromatic carboxylic acids is 1. The average molecular weight is 232 g/mol. The number of nitrogens with one attached hydrogen (secondary N) is 1. The summed E-state index contributed by atoms with van der Waals surface area (Å²) in [5, 5.41) is 17.2. The maximum atomic E-state index is 10.5. The van der Waals surface area contributed by atoms with Crippen molar-refractivity contribution in [2.75, 3.05) is 5.48 Å². The van der Waals surface area contributed by atoms with Gasteiger partial charge in [-0.1, -0.05) is 15.9 Å². The molecular formula is C7H6BrNO3. The Balaban J connectivity index is 3.20. The second-order valence-corrected chi connectivity index (χ2v) is 3.02. The zero-order chi connectivity index (χ0) is 9.14. The molecule has 12 heavy (non-hydrogen) atoms. The van der Waals surface area contributed by atoms with Crippen LogP contribution in [0.4, 0.5) is 5.69 Å². The van der Waals surface area contributed by atoms with Crippen LogP contribution in [0.25, 0.3) is 0 Å². The first-order valence-corrected chi connectivity index (χ1v) is 3.87. The van der Waals surface area contributed by atoms with Gasteiger partial charge in [0.2, 0.25) is 0 Å². The Labute approximate surface area is 76.9 Å². The zero-order valence-corrected chi connectivity index (χ0v) is 7.50. The van der Waals surface area contributed by atoms with Crippen LogP contribution in [0.1, 0.15) is 10.4 Å². The van der Waals surface area contributed by atoms with Gasteiger partial charge in [-0.2, -0.15) is 0 Å². The van der Waals surface area contributed by atoms with E-state index < -0.39 is 5.97 Å². The lowest BCUT2D eigenvalue weighted by Crippen LogP contribution is -2.02. The molecule has 0 spiro atoms. The Morgan fingerprint density at radius 1 is 1.50 bits per heavy atom. The first-order valence-electron chi connectivity index (χ1n) is 3.08. The molecule has 0 aliphatic carbocycles. The van der Waals surface area contributed by atoms with Gasteiger partial charge in [0.25, 0.3) is 0 Å². The van der Waals surface area contributed by atoms with Crippen LogP contribution in [0.5, 0.6) is 0 Å². The van der Waals surface area contributed by atoms with E-state index in [1.807, 2.05) is 0 Å². The van der Waals surface area contributed by atoms with Gasteiger partial charge in [0.1, 0.15) is 0 Å². The van der Waals surface area contributed by atoms with E-state index in [0.29, 0.717) is 4.47 Å². The number of halogens is 1. The number of anilines is 1. The van der Waals surface area contributed by atoms with Crippen LogP contribution in [-0.4, -0.2) is 16.3 Å². The highest BCUT2D eigenvalue weighted by molar-refractivity contribution is 9.10. The van der Waals surface area contributed by atoms with Gasteiger partial charge in [-0.15, -0.1) is 0 Å². The molecule has 0 amide bonds. The lowest BCUT2D eigenvalue weighted by Gasteiger charge is -2.03. The van der Waals surface area contributed by atoms with Gasteiger partial charge in [-0.05, 0) is 18.2 Å². The molecule has 0 saturated carbocycles. The van der Waals surface area contributed by atoms with E-state index in [4.69, 9.17) is 10.3 Å². The fraction of sp³-hybridized carbons (Fsp3) is 0. The summed E-state index contributed by atoms with van der Waals surface area (Å²) in [7, 11) is 0. The van der Waals surface area contributed by atoms with Crippen molar-refractivity contribution in [3.8, 4) is 0 Å². The molecule has 0 aliphatic heterocycles. The summed E-state index contributed by atoms with van der Waals surface area (Å²) in [6.45, 7) is 0. The fourth-order valence-corrected chi connectivity index (χ4v) is 1.16. The van der Waals surface area contributed by atoms with Crippen molar-refractivity contribution in [3.63, 3.8) is 0 Å². The summed E-state index contributed by atoms with van der Waals surface area (Å²) in [5.41, 5.74) is 2.00. The minimum Gasteiger partial charge on any atom is -0.478 e. The molecule has 0 aliphatic rings. The largest absolute Gasteiger partial charge is 0.478 e. The fourth-order valence-electron chi connectivity index (χ4n) is 0.795. The van der Waals surface area contributed by atoms with Crippen molar-refractivity contribution in [1.29, 1.82) is 0 Å². The van der Waals surface area contributed by atoms with Crippen molar-refractivity contribution < 1.29 is 15.1 Å². The molecule has 0 unspecified atom stereocenters. The Morgan fingerprint density at radius 2 is 2.17 bits per heavy atom. The van der Waals surface area contributed by atoms with Crippen LogP contribution in [0, 0.1) is 0 Å². The second kappa shape index (κ2) is 3.55. The first-order chi connectivity index (χ1) is 5.65. The van der Waals surface area contributed by atoms with Gasteiger partial charge in [0.15, 0.2) is 0 Å². The molecule has 4 nitrogen and oxygen atoms in total. The Kier molecular flexibility index (Phi) is 2.67. The zero-order valence-electron chi connectivity index (χ0n) is 5.91. The number of carbonyl (C=O) groups is 1. The number of hydrogen-bond donors (Lipinski definition) is 3. The lowest BCUT2D eigenvalue weighted by molar-refractivity contribution is 0.0697. The predicted molar refractivity (Wildman–Crippen MR) is 46.5 cm³/mol. The summed E-state index contributed by atoms with van der Waals surface area (Å²) >= 11 is 3.14. The van der Waals surface area contributed by atoms with E-state index in [2.05, 4.69) is 15.9 Å². The second-order valence-electron chi connectivity index (χ2n) is 2.11. The van der Waals surface area contributed by atoms with Crippen molar-refractivity contribution in [3.05, 3.63) is 28.2 Å². The maximum Gasteiger partial charge on any atom is 0.337 e. The third-order valence-corrected chi connectivity index (χ3v) is 1.83. The van der Waals surface area contributed by atoms with Crippen molar-refractivity contribution in [1.82, 2.24) is 0 Å². The number of rotatable bonds is 2. The van der Waals surface area contributed by atoms with Crippen LogP contribution in [-0.2, 0) is 0 Å². The normalized spacial score (nSPS) is 9.50. The standard InChI is InChI=1S/C7H6BrNO3/c8-4-1-2-5(7(10)11)6(3-4)9-12/h1-3,9,12H,(H,10,11). The highest BCUT2D eigenvalue weighted by atomic mass is 79.9. The van der Waals surface area contributed by atoms with E-state index in [1.165, 1.54) is 12.1 Å². The average Bonchev–Trinajstić information content (AvgIpc) is 2.03. The smallest absolute Gasteiger partial charge is 0.337 e. The lowest BCUT2D eigenvalue weighted by atomic mass is 10.2. The summed E-state index contributed by atoms with van der Waals surface area (Å²) < 4.78 is 0.698. The molecule has 1 rings (SSSR count). The molecule has 64 valence electrons. The van der Waals surface area contributed by atoms with E-state index in [-0.39, 0.29) is 11.3 Å². The molecule has 0 aromatic heterocycles. The summed E-state index contributed by atoms with van der Waals surface area (Å²) in [6.07, 6.45) is 0. The molecule has 0 heterocycles. The molecule has 0 atom stereocenters. The van der Waals surface area contributed by atoms with Crippen LogP contribution >= 0.6 is 15.9 Å². The third-order valence-electron chi connectivity index (χ3n) is 1.33. The number of hydrogen-bond acceptors (Lipinski definition) is 3. The maximum absolute atomic E-state index is 10.5. The molecule has 0 bridgehead atoms. The van der Waals surface area contributed by atoms with Gasteiger partial charge < -0.3 is 5.11 Å². The summed E-state index contributed by atoms with van der Waals surface area (Å²) in [5.74, 6) is -1.08. The Hall–Kier alpha value is -1.07. The van der Waals surface area contributed by atoms with Gasteiger partial charge in [-0.25, -0.2) is 4.79 Å². The van der Waals surface area contributed by atoms with Crippen molar-refractivity contribution in [2.24, 2.45) is 0 Å². The quantitative estimate of drug-likeness (QED) is 0.681. The number of carboxylic acid groups (broad SMARTS) is 1. The number of carboxylic acids is 1. The van der Waals surface area contributed by atoms with Crippen LogP contribution < -0.4 is 5.48 Å². The van der Waals surface area contributed by atoms with E-state index in [1.54, 1.807) is 11.5 Å². The highest BCUT2D eigenvalue weighted by Gasteiger charge is 2.08. The van der Waals surface area contributed by atoms with E-state index in [9.17, 15) is 4.79 Å². The van der Waals surface area contributed by atoms with Crippen molar-refractivity contribution >= 4 is 27.6 Å². The Bertz CT molecular complexity index is 314. The molecule has 0 radical (unpaired) electrons. The SMILES string of the molecule is O=C(O)c1ccc(Br)cc1NO. The van der Waals surface area contributed by atoms with Crippen LogP contribution in [0.3, 0.4) is 0 Å². The van der Waals surface area contributed by atoms with Crippen molar-refractivity contribution in [2.45, 2.75) is 0 Å². The minimum absolute atomic E-state index is 0.0284. The van der Waals surface area contributed by atoms with Crippen LogP contribution in [0.15, 0.2) is 22.7 Å². The first kappa shape index (κ1) is 9.02. The molecular weight excluding hydrogens is 226 g/mol. The predicted octanol–water partition coefficient (Wildman–Crippen LogP) is 1.95. The van der Waals surface area contributed by atoms with Gasteiger partial charge in [-0.3, -0.25) is 10.7 Å². The third kappa shape index (κ3) is 1.75.